The summed E-state index contributed by atoms with van der Waals surface area (Å²) in [5.74, 6) is 0.0167. The van der Waals surface area contributed by atoms with E-state index in [9.17, 15) is 4.79 Å². The standard InChI is InChI=1S/C22H26N6O/c1-16-19-7-8-20(24-21(19)28(25-16)17-5-3-2-4-6-17)22(29)27-12-9-18(15-27)26-13-10-23-11-14-26/h2-8,18,23H,9-15H2,1H3. The van der Waals surface area contributed by atoms with Gasteiger partial charge in [-0.05, 0) is 37.6 Å². The number of para-hydroxylation sites is 1. The second-order valence-electron chi connectivity index (χ2n) is 7.88. The zero-order chi connectivity index (χ0) is 19.8. The van der Waals surface area contributed by atoms with Crippen molar-refractivity contribution in [3.8, 4) is 5.69 Å². The molecule has 150 valence electrons. The average molecular weight is 390 g/mol. The van der Waals surface area contributed by atoms with Crippen LogP contribution in [0.1, 0.15) is 22.6 Å². The summed E-state index contributed by atoms with van der Waals surface area (Å²) in [6.45, 7) is 7.75. The minimum atomic E-state index is 0.0167. The lowest BCUT2D eigenvalue weighted by atomic mass is 10.2. The molecular formula is C22H26N6O. The Bertz CT molecular complexity index is 1020. The molecule has 1 amide bonds. The lowest BCUT2D eigenvalue weighted by Gasteiger charge is -2.32. The Labute approximate surface area is 170 Å². The Morgan fingerprint density at radius 2 is 1.86 bits per heavy atom. The molecule has 2 saturated heterocycles. The van der Waals surface area contributed by atoms with Crippen LogP contribution in [0.2, 0.25) is 0 Å². The predicted octanol–water partition coefficient (Wildman–Crippen LogP) is 1.85. The molecule has 7 heteroatoms. The number of aromatic nitrogens is 3. The quantitative estimate of drug-likeness (QED) is 0.739. The highest BCUT2D eigenvalue weighted by molar-refractivity contribution is 5.95. The summed E-state index contributed by atoms with van der Waals surface area (Å²) in [6.07, 6.45) is 1.04. The fraction of sp³-hybridized carbons (Fsp3) is 0.409. The number of piperazine rings is 1. The van der Waals surface area contributed by atoms with E-state index in [-0.39, 0.29) is 5.91 Å². The van der Waals surface area contributed by atoms with Crippen LogP contribution >= 0.6 is 0 Å². The van der Waals surface area contributed by atoms with Gasteiger partial charge in [0.05, 0.1) is 11.4 Å². The summed E-state index contributed by atoms with van der Waals surface area (Å²) in [6, 6.07) is 14.2. The molecule has 0 saturated carbocycles. The van der Waals surface area contributed by atoms with E-state index >= 15 is 0 Å². The summed E-state index contributed by atoms with van der Waals surface area (Å²) in [5, 5.41) is 9.02. The molecule has 0 aliphatic carbocycles. The highest BCUT2D eigenvalue weighted by Gasteiger charge is 2.32. The Hall–Kier alpha value is -2.77. The molecule has 7 nitrogen and oxygen atoms in total. The fourth-order valence-electron chi connectivity index (χ4n) is 4.45. The number of nitrogens with zero attached hydrogens (tertiary/aromatic N) is 5. The maximum Gasteiger partial charge on any atom is 0.272 e. The topological polar surface area (TPSA) is 66.3 Å². The van der Waals surface area contributed by atoms with E-state index in [0.29, 0.717) is 11.7 Å². The van der Waals surface area contributed by atoms with Gasteiger partial charge in [-0.1, -0.05) is 18.2 Å². The van der Waals surface area contributed by atoms with Gasteiger partial charge in [0.1, 0.15) is 5.69 Å². The van der Waals surface area contributed by atoms with E-state index in [2.05, 4.69) is 15.3 Å². The van der Waals surface area contributed by atoms with Gasteiger partial charge in [0.2, 0.25) is 0 Å². The van der Waals surface area contributed by atoms with Gasteiger partial charge in [0.25, 0.3) is 5.91 Å². The molecular weight excluding hydrogens is 364 g/mol. The van der Waals surface area contributed by atoms with Crippen molar-refractivity contribution in [2.24, 2.45) is 0 Å². The predicted molar refractivity (Wildman–Crippen MR) is 112 cm³/mol. The Kier molecular flexibility index (Phi) is 4.77. The number of amides is 1. The van der Waals surface area contributed by atoms with Crippen molar-refractivity contribution in [3.05, 3.63) is 53.9 Å². The second kappa shape index (κ2) is 7.57. The third-order valence-electron chi connectivity index (χ3n) is 6.05. The fourth-order valence-corrected chi connectivity index (χ4v) is 4.45. The van der Waals surface area contributed by atoms with Crippen molar-refractivity contribution >= 4 is 16.9 Å². The summed E-state index contributed by atoms with van der Waals surface area (Å²) in [4.78, 5) is 22.4. The number of hydrogen-bond acceptors (Lipinski definition) is 5. The third-order valence-corrected chi connectivity index (χ3v) is 6.05. The van der Waals surface area contributed by atoms with Gasteiger partial charge >= 0.3 is 0 Å². The van der Waals surface area contributed by atoms with E-state index < -0.39 is 0 Å². The summed E-state index contributed by atoms with van der Waals surface area (Å²) >= 11 is 0. The number of carbonyl (C=O) groups is 1. The molecule has 1 unspecified atom stereocenters. The molecule has 0 spiro atoms. The molecule has 5 rings (SSSR count). The molecule has 4 heterocycles. The number of nitrogens with one attached hydrogen (secondary N) is 1. The smallest absolute Gasteiger partial charge is 0.272 e. The van der Waals surface area contributed by atoms with Crippen LogP contribution in [-0.2, 0) is 0 Å². The van der Waals surface area contributed by atoms with E-state index in [0.717, 1.165) is 68.1 Å². The molecule has 0 bridgehead atoms. The Morgan fingerprint density at radius 3 is 2.66 bits per heavy atom. The summed E-state index contributed by atoms with van der Waals surface area (Å²) in [7, 11) is 0. The van der Waals surface area contributed by atoms with Crippen LogP contribution in [0.25, 0.3) is 16.7 Å². The van der Waals surface area contributed by atoms with Crippen LogP contribution in [0.5, 0.6) is 0 Å². The summed E-state index contributed by atoms with van der Waals surface area (Å²) < 4.78 is 1.83. The van der Waals surface area contributed by atoms with E-state index in [4.69, 9.17) is 4.98 Å². The second-order valence-corrected chi connectivity index (χ2v) is 7.88. The zero-order valence-corrected chi connectivity index (χ0v) is 16.7. The van der Waals surface area contributed by atoms with Gasteiger partial charge in [-0.3, -0.25) is 9.69 Å². The van der Waals surface area contributed by atoms with Gasteiger partial charge in [-0.2, -0.15) is 5.10 Å². The van der Waals surface area contributed by atoms with E-state index in [1.54, 1.807) is 0 Å². The number of hydrogen-bond donors (Lipinski definition) is 1. The van der Waals surface area contributed by atoms with Crippen molar-refractivity contribution in [1.29, 1.82) is 0 Å². The van der Waals surface area contributed by atoms with Crippen molar-refractivity contribution in [3.63, 3.8) is 0 Å². The first kappa shape index (κ1) is 18.3. The molecule has 1 aromatic carbocycles. The van der Waals surface area contributed by atoms with Crippen LogP contribution in [0, 0.1) is 6.92 Å². The Morgan fingerprint density at radius 1 is 1.07 bits per heavy atom. The minimum absolute atomic E-state index is 0.0167. The SMILES string of the molecule is Cc1nn(-c2ccccc2)c2nc(C(=O)N3CCC(N4CCNCC4)C3)ccc12. The first-order chi connectivity index (χ1) is 14.2. The van der Waals surface area contributed by atoms with Crippen LogP contribution in [0.4, 0.5) is 0 Å². The highest BCUT2D eigenvalue weighted by Crippen LogP contribution is 2.23. The number of pyridine rings is 1. The van der Waals surface area contributed by atoms with E-state index in [1.807, 2.05) is 59.0 Å². The lowest BCUT2D eigenvalue weighted by molar-refractivity contribution is 0.0768. The molecule has 1 N–H and O–H groups in total. The van der Waals surface area contributed by atoms with Crippen molar-refractivity contribution in [2.75, 3.05) is 39.3 Å². The minimum Gasteiger partial charge on any atom is -0.336 e. The number of carbonyl (C=O) groups excluding carboxylic acids is 1. The van der Waals surface area contributed by atoms with Crippen molar-refractivity contribution in [2.45, 2.75) is 19.4 Å². The van der Waals surface area contributed by atoms with Gasteiger partial charge in [-0.15, -0.1) is 0 Å². The molecule has 2 aliphatic rings. The van der Waals surface area contributed by atoms with Crippen LogP contribution in [-0.4, -0.2) is 75.8 Å². The molecule has 1 atom stereocenters. The van der Waals surface area contributed by atoms with Gasteiger partial charge < -0.3 is 10.2 Å². The Balaban J connectivity index is 1.41. The van der Waals surface area contributed by atoms with Crippen molar-refractivity contribution < 1.29 is 4.79 Å². The monoisotopic (exact) mass is 390 g/mol. The number of aryl methyl sites for hydroxylation is 1. The zero-order valence-electron chi connectivity index (χ0n) is 16.7. The number of benzene rings is 1. The van der Waals surface area contributed by atoms with Crippen molar-refractivity contribution in [1.82, 2.24) is 29.9 Å². The highest BCUT2D eigenvalue weighted by atomic mass is 16.2. The largest absolute Gasteiger partial charge is 0.336 e. The third kappa shape index (κ3) is 3.41. The van der Waals surface area contributed by atoms with Crippen LogP contribution in [0.3, 0.4) is 0 Å². The summed E-state index contributed by atoms with van der Waals surface area (Å²) in [5.41, 5.74) is 3.09. The molecule has 0 radical (unpaired) electrons. The van der Waals surface area contributed by atoms with Crippen LogP contribution in [0.15, 0.2) is 42.5 Å². The maximum absolute atomic E-state index is 13.2. The normalized spacial score (nSPS) is 20.4. The van der Waals surface area contributed by atoms with Crippen LogP contribution < -0.4 is 5.32 Å². The number of fused-ring (bicyclic) bond motifs is 1. The van der Waals surface area contributed by atoms with Gasteiger partial charge in [0.15, 0.2) is 5.65 Å². The molecule has 29 heavy (non-hydrogen) atoms. The molecule has 2 aliphatic heterocycles. The number of likely N-dealkylation sites (tertiary alicyclic amines) is 1. The van der Waals surface area contributed by atoms with Gasteiger partial charge in [-0.25, -0.2) is 9.67 Å². The first-order valence-electron chi connectivity index (χ1n) is 10.4. The molecule has 2 fully saturated rings. The van der Waals surface area contributed by atoms with E-state index in [1.165, 1.54) is 0 Å². The first-order valence-corrected chi connectivity index (χ1v) is 10.4. The maximum atomic E-state index is 13.2. The lowest BCUT2D eigenvalue weighted by Crippen LogP contribution is -2.49. The van der Waals surface area contributed by atoms with Gasteiger partial charge in [0, 0.05) is 50.7 Å². The number of rotatable bonds is 3. The average Bonchev–Trinajstić information content (AvgIpc) is 3.40. The molecule has 3 aromatic rings. The molecule has 2 aromatic heterocycles.